The maximum atomic E-state index is 13.1. The fraction of sp³-hybridized carbons (Fsp3) is 0.823. The third-order valence-corrected chi connectivity index (χ3v) is 18.9. The van der Waals surface area contributed by atoms with Gasteiger partial charge in [0.2, 0.25) is 0 Å². The van der Waals surface area contributed by atoms with Gasteiger partial charge in [0, 0.05) is 25.7 Å². The fourth-order valence-corrected chi connectivity index (χ4v) is 12.6. The van der Waals surface area contributed by atoms with E-state index in [1.54, 1.807) is 0 Å². The van der Waals surface area contributed by atoms with Crippen LogP contribution in [0.25, 0.3) is 0 Å². The maximum Gasteiger partial charge on any atom is 0.472 e. The van der Waals surface area contributed by atoms with E-state index in [4.69, 9.17) is 37.0 Å². The molecule has 0 aliphatic carbocycles. The highest BCUT2D eigenvalue weighted by Gasteiger charge is 2.30. The molecule has 572 valence electrons. The van der Waals surface area contributed by atoms with Crippen molar-refractivity contribution in [3.63, 3.8) is 0 Å². The van der Waals surface area contributed by atoms with Crippen molar-refractivity contribution in [2.45, 2.75) is 380 Å². The lowest BCUT2D eigenvalue weighted by atomic mass is 10.0. The average molecular weight is 1430 g/mol. The number of esters is 4. The minimum Gasteiger partial charge on any atom is -0.462 e. The number of carbonyl (C=O) groups is 4. The Hall–Kier alpha value is -3.24. The van der Waals surface area contributed by atoms with Gasteiger partial charge < -0.3 is 33.8 Å². The Balaban J connectivity index is 5.33. The van der Waals surface area contributed by atoms with Gasteiger partial charge in [-0.15, -0.1) is 0 Å². The molecule has 0 aromatic heterocycles. The number of carbonyl (C=O) groups excluding carboxylic acids is 4. The fourth-order valence-electron chi connectivity index (χ4n) is 11.0. The second kappa shape index (κ2) is 72.1. The van der Waals surface area contributed by atoms with Crippen LogP contribution >= 0.6 is 15.6 Å². The van der Waals surface area contributed by atoms with Gasteiger partial charge in [-0.2, -0.15) is 0 Å². The van der Waals surface area contributed by atoms with Gasteiger partial charge >= 0.3 is 39.5 Å². The van der Waals surface area contributed by atoms with Crippen LogP contribution in [0.2, 0.25) is 0 Å². The van der Waals surface area contributed by atoms with Crippen LogP contribution in [0.5, 0.6) is 0 Å². The van der Waals surface area contributed by atoms with Crippen LogP contribution in [0, 0.1) is 0 Å². The van der Waals surface area contributed by atoms with Crippen molar-refractivity contribution in [1.82, 2.24) is 0 Å². The van der Waals surface area contributed by atoms with E-state index >= 15 is 0 Å². The van der Waals surface area contributed by atoms with Crippen LogP contribution in [0.1, 0.15) is 362 Å². The van der Waals surface area contributed by atoms with E-state index in [2.05, 4.69) is 88.5 Å². The topological polar surface area (TPSA) is 237 Å². The predicted molar refractivity (Wildman–Crippen MR) is 400 cm³/mol. The largest absolute Gasteiger partial charge is 0.472 e. The Morgan fingerprint density at radius 1 is 0.296 bits per heavy atom. The van der Waals surface area contributed by atoms with Crippen LogP contribution in [0.15, 0.2) is 60.8 Å². The zero-order chi connectivity index (χ0) is 71.8. The first-order chi connectivity index (χ1) is 47.7. The van der Waals surface area contributed by atoms with E-state index in [-0.39, 0.29) is 25.7 Å². The molecule has 0 fully saturated rings. The van der Waals surface area contributed by atoms with Crippen LogP contribution in [-0.2, 0) is 65.4 Å². The smallest absolute Gasteiger partial charge is 0.462 e. The lowest BCUT2D eigenvalue weighted by Crippen LogP contribution is -2.30. The monoisotopic (exact) mass is 1430 g/mol. The van der Waals surface area contributed by atoms with Crippen molar-refractivity contribution in [3.05, 3.63) is 60.8 Å². The first-order valence-corrected chi connectivity index (χ1v) is 42.5. The molecular weight excluding hydrogens is 1280 g/mol. The molecule has 0 heterocycles. The molecule has 0 aromatic rings. The summed E-state index contributed by atoms with van der Waals surface area (Å²) in [5.41, 5.74) is 0. The highest BCUT2D eigenvalue weighted by molar-refractivity contribution is 7.47. The number of hydrogen-bond acceptors (Lipinski definition) is 15. The first-order valence-electron chi connectivity index (χ1n) is 39.5. The van der Waals surface area contributed by atoms with Crippen molar-refractivity contribution < 1.29 is 80.2 Å². The molecule has 19 heteroatoms. The molecule has 0 amide bonds. The van der Waals surface area contributed by atoms with Gasteiger partial charge in [0.05, 0.1) is 26.4 Å². The molecule has 0 spiro atoms. The van der Waals surface area contributed by atoms with E-state index in [0.717, 1.165) is 135 Å². The molecule has 98 heavy (non-hydrogen) atoms. The van der Waals surface area contributed by atoms with E-state index in [0.29, 0.717) is 25.7 Å². The Bertz CT molecular complexity index is 2100. The van der Waals surface area contributed by atoms with Crippen LogP contribution < -0.4 is 0 Å². The molecule has 0 radical (unpaired) electrons. The molecule has 0 bridgehead atoms. The van der Waals surface area contributed by atoms with Gasteiger partial charge in [-0.25, -0.2) is 9.13 Å². The second-order valence-corrected chi connectivity index (χ2v) is 29.5. The minimum atomic E-state index is -4.98. The van der Waals surface area contributed by atoms with Crippen molar-refractivity contribution >= 4 is 39.5 Å². The highest BCUT2D eigenvalue weighted by atomic mass is 31.2. The molecule has 0 saturated carbocycles. The minimum absolute atomic E-state index is 0.0831. The Kier molecular flexibility index (Phi) is 69.7. The summed E-state index contributed by atoms with van der Waals surface area (Å²) in [6.45, 7) is 4.79. The first kappa shape index (κ1) is 94.8. The summed E-state index contributed by atoms with van der Waals surface area (Å²) in [4.78, 5) is 72.9. The van der Waals surface area contributed by atoms with Crippen LogP contribution in [0.3, 0.4) is 0 Å². The summed E-state index contributed by atoms with van der Waals surface area (Å²) >= 11 is 0. The Morgan fingerprint density at radius 2 is 0.531 bits per heavy atom. The Labute approximate surface area is 597 Å². The summed E-state index contributed by atoms with van der Waals surface area (Å²) in [5, 5.41) is 10.6. The highest BCUT2D eigenvalue weighted by Crippen LogP contribution is 2.45. The second-order valence-electron chi connectivity index (χ2n) is 26.6. The van der Waals surface area contributed by atoms with E-state index in [1.807, 2.05) is 0 Å². The quantitative estimate of drug-likeness (QED) is 0.0169. The number of phosphoric ester groups is 2. The predicted octanol–water partition coefficient (Wildman–Crippen LogP) is 22.7. The molecule has 0 saturated heterocycles. The van der Waals surface area contributed by atoms with Crippen molar-refractivity contribution in [1.29, 1.82) is 0 Å². The van der Waals surface area contributed by atoms with Crippen molar-refractivity contribution in [3.8, 4) is 0 Å². The maximum absolute atomic E-state index is 13.1. The third kappa shape index (κ3) is 71.2. The SMILES string of the molecule is CC/C=C\C/C=C\C/C=C\C/C=C\CCCCCCC(=O)OCC(COP(=O)(O)OCC(O)COP(=O)(O)OCC(COC(=O)CCCCCCCCCCCCCCC)OC(=O)CCCCCCCCCCCCCCC)OC(=O)CCCCCCC/C=C\CCCCCCCC. The summed E-state index contributed by atoms with van der Waals surface area (Å²) in [7, 11) is -9.94. The zero-order valence-electron chi connectivity index (χ0n) is 62.5. The van der Waals surface area contributed by atoms with Crippen molar-refractivity contribution in [2.24, 2.45) is 0 Å². The van der Waals surface area contributed by atoms with Gasteiger partial charge in [0.25, 0.3) is 0 Å². The third-order valence-electron chi connectivity index (χ3n) is 17.0. The van der Waals surface area contributed by atoms with Crippen LogP contribution in [0.4, 0.5) is 0 Å². The molecule has 0 aromatic carbocycles. The molecular formula is C79H144O17P2. The number of unbranched alkanes of at least 4 members (excludes halogenated alkanes) is 39. The van der Waals surface area contributed by atoms with Gasteiger partial charge in [-0.05, 0) is 89.9 Å². The number of aliphatic hydroxyl groups is 1. The van der Waals surface area contributed by atoms with E-state index in [9.17, 15) is 43.2 Å². The zero-order valence-corrected chi connectivity index (χ0v) is 64.3. The van der Waals surface area contributed by atoms with E-state index < -0.39 is 97.5 Å². The number of phosphoric acid groups is 2. The van der Waals surface area contributed by atoms with Gasteiger partial charge in [-0.3, -0.25) is 37.3 Å². The molecule has 0 aliphatic heterocycles. The Morgan fingerprint density at radius 3 is 0.827 bits per heavy atom. The van der Waals surface area contributed by atoms with Crippen molar-refractivity contribution in [2.75, 3.05) is 39.6 Å². The number of ether oxygens (including phenoxy) is 4. The van der Waals surface area contributed by atoms with Crippen LogP contribution in [-0.4, -0.2) is 96.7 Å². The lowest BCUT2D eigenvalue weighted by Gasteiger charge is -2.21. The number of rotatable bonds is 75. The molecule has 5 unspecified atom stereocenters. The normalized spacial score (nSPS) is 14.2. The van der Waals surface area contributed by atoms with Gasteiger partial charge in [0.1, 0.15) is 19.3 Å². The molecule has 0 rings (SSSR count). The molecule has 0 aliphatic rings. The lowest BCUT2D eigenvalue weighted by molar-refractivity contribution is -0.161. The average Bonchev–Trinajstić information content (AvgIpc) is 1.05. The van der Waals surface area contributed by atoms with Gasteiger partial charge in [-0.1, -0.05) is 307 Å². The number of allylic oxidation sites excluding steroid dienone is 10. The number of hydrogen-bond donors (Lipinski definition) is 3. The standard InChI is InChI=1S/C79H144O17P2/c1-5-9-13-17-21-25-29-33-35-36-38-41-44-48-52-56-60-64-77(82)90-70-75(96-79(84)66-62-58-54-50-46-42-37-34-30-26-22-18-14-10-6-2)72-94-98(87,88)92-68-73(80)67-91-97(85,86)93-71-74(95-78(83)65-61-57-53-49-45-40-32-28-24-20-16-12-8-4)69-89-76(81)63-59-55-51-47-43-39-31-27-23-19-15-11-7-3/h9,13,21,25,33-35,37-38,41,73-75,80H,5-8,10-12,14-20,22-24,26-32,36,39-40,42-72H2,1-4H3,(H,85,86)(H,87,88)/b13-9-,25-21-,35-33-,37-34-,41-38-. The molecule has 5 atom stereocenters. The van der Waals surface area contributed by atoms with E-state index in [1.165, 1.54) is 148 Å². The molecule has 17 nitrogen and oxygen atoms in total. The molecule has 3 N–H and O–H groups in total. The summed E-state index contributed by atoms with van der Waals surface area (Å²) in [6, 6.07) is 0. The summed E-state index contributed by atoms with van der Waals surface area (Å²) < 4.78 is 68.5. The summed E-state index contributed by atoms with van der Waals surface area (Å²) in [6.07, 6.45) is 70.5. The summed E-state index contributed by atoms with van der Waals surface area (Å²) in [5.74, 6) is -2.17. The number of aliphatic hydroxyl groups excluding tert-OH is 1. The van der Waals surface area contributed by atoms with Gasteiger partial charge in [0.15, 0.2) is 12.2 Å².